The average molecular weight is 169 g/mol. The molecule has 0 bridgehead atoms. The number of anilines is 1. The predicted octanol–water partition coefficient (Wildman–Crippen LogP) is 1.46. The summed E-state index contributed by atoms with van der Waals surface area (Å²) in [6.45, 7) is 5.66. The normalized spacial score (nSPS) is 9.92. The molecule has 0 aliphatic carbocycles. The van der Waals surface area contributed by atoms with Crippen LogP contribution < -0.4 is 4.90 Å². The van der Waals surface area contributed by atoms with E-state index in [0.29, 0.717) is 5.82 Å². The third-order valence-electron chi connectivity index (χ3n) is 1.70. The van der Waals surface area contributed by atoms with Crippen LogP contribution in [0.4, 0.5) is 10.2 Å². The van der Waals surface area contributed by atoms with Crippen LogP contribution in [0.25, 0.3) is 0 Å². The molecule has 1 rings (SSSR count). The number of hydrogen-bond acceptors (Lipinski definition) is 3. The molecular weight excluding hydrogens is 157 g/mol. The van der Waals surface area contributed by atoms with Crippen LogP contribution in [-0.2, 0) is 0 Å². The first kappa shape index (κ1) is 8.90. The first-order chi connectivity index (χ1) is 5.77. The van der Waals surface area contributed by atoms with Gasteiger partial charge in [-0.15, -0.1) is 0 Å². The Balaban J connectivity index is 2.85. The third-order valence-corrected chi connectivity index (χ3v) is 1.70. The molecule has 0 unspecified atom stereocenters. The fourth-order valence-electron chi connectivity index (χ4n) is 1.05. The maximum Gasteiger partial charge on any atom is 0.310 e. The Morgan fingerprint density at radius 3 is 2.58 bits per heavy atom. The smallest absolute Gasteiger partial charge is 0.310 e. The summed E-state index contributed by atoms with van der Waals surface area (Å²) in [4.78, 5) is 9.01. The van der Waals surface area contributed by atoms with Gasteiger partial charge in [0.2, 0.25) is 0 Å². The Morgan fingerprint density at radius 2 is 2.08 bits per heavy atom. The quantitative estimate of drug-likeness (QED) is 0.641. The Kier molecular flexibility index (Phi) is 2.96. The van der Waals surface area contributed by atoms with E-state index in [2.05, 4.69) is 9.97 Å². The molecule has 4 heteroatoms. The molecule has 0 aliphatic rings. The molecule has 0 atom stereocenters. The van der Waals surface area contributed by atoms with Crippen molar-refractivity contribution in [3.05, 3.63) is 18.3 Å². The van der Waals surface area contributed by atoms with Crippen molar-refractivity contribution >= 4 is 5.82 Å². The number of nitrogens with zero attached hydrogens (tertiary/aromatic N) is 3. The zero-order valence-corrected chi connectivity index (χ0v) is 7.29. The highest BCUT2D eigenvalue weighted by Gasteiger charge is 2.03. The van der Waals surface area contributed by atoms with E-state index in [9.17, 15) is 4.39 Å². The van der Waals surface area contributed by atoms with Gasteiger partial charge in [-0.1, -0.05) is 0 Å². The van der Waals surface area contributed by atoms with Crippen molar-refractivity contribution in [2.45, 2.75) is 13.8 Å². The Labute approximate surface area is 71.3 Å². The summed E-state index contributed by atoms with van der Waals surface area (Å²) in [5.74, 6) is 0.646. The largest absolute Gasteiger partial charge is 0.357 e. The SMILES string of the molecule is CCN(CC)c1ccnc(F)n1. The van der Waals surface area contributed by atoms with E-state index < -0.39 is 6.08 Å². The molecule has 0 fully saturated rings. The number of hydrogen-bond donors (Lipinski definition) is 0. The summed E-state index contributed by atoms with van der Waals surface area (Å²) >= 11 is 0. The maximum absolute atomic E-state index is 12.6. The van der Waals surface area contributed by atoms with Gasteiger partial charge in [-0.25, -0.2) is 4.98 Å². The zero-order valence-electron chi connectivity index (χ0n) is 7.29. The van der Waals surface area contributed by atoms with Gasteiger partial charge in [-0.05, 0) is 19.9 Å². The van der Waals surface area contributed by atoms with Crippen LogP contribution in [0.2, 0.25) is 0 Å². The van der Waals surface area contributed by atoms with E-state index in [1.807, 2.05) is 18.7 Å². The standard InChI is InChI=1S/C8H12FN3/c1-3-12(4-2)7-5-6-10-8(9)11-7/h5-6H,3-4H2,1-2H3. The van der Waals surface area contributed by atoms with Crippen molar-refractivity contribution in [3.8, 4) is 0 Å². The first-order valence-corrected chi connectivity index (χ1v) is 4.01. The molecule has 12 heavy (non-hydrogen) atoms. The van der Waals surface area contributed by atoms with Crippen LogP contribution >= 0.6 is 0 Å². The Bertz CT molecular complexity index is 248. The minimum Gasteiger partial charge on any atom is -0.357 e. The lowest BCUT2D eigenvalue weighted by Gasteiger charge is -2.18. The molecule has 3 nitrogen and oxygen atoms in total. The molecule has 0 N–H and O–H groups in total. The third kappa shape index (κ3) is 1.90. The van der Waals surface area contributed by atoms with E-state index >= 15 is 0 Å². The average Bonchev–Trinajstić information content (AvgIpc) is 2.07. The lowest BCUT2D eigenvalue weighted by Crippen LogP contribution is -2.23. The summed E-state index contributed by atoms with van der Waals surface area (Å²) in [6, 6.07) is 1.70. The highest BCUT2D eigenvalue weighted by Crippen LogP contribution is 2.07. The number of rotatable bonds is 3. The second kappa shape index (κ2) is 3.99. The first-order valence-electron chi connectivity index (χ1n) is 4.01. The Hall–Kier alpha value is -1.19. The van der Waals surface area contributed by atoms with Crippen molar-refractivity contribution < 1.29 is 4.39 Å². The fourth-order valence-corrected chi connectivity index (χ4v) is 1.05. The van der Waals surface area contributed by atoms with Gasteiger partial charge < -0.3 is 4.90 Å². The molecule has 0 aromatic carbocycles. The van der Waals surface area contributed by atoms with E-state index in [0.717, 1.165) is 13.1 Å². The monoisotopic (exact) mass is 169 g/mol. The van der Waals surface area contributed by atoms with E-state index in [1.165, 1.54) is 6.20 Å². The van der Waals surface area contributed by atoms with Gasteiger partial charge in [0.05, 0.1) is 0 Å². The van der Waals surface area contributed by atoms with Crippen LogP contribution in [0.1, 0.15) is 13.8 Å². The van der Waals surface area contributed by atoms with Gasteiger partial charge in [0.15, 0.2) is 0 Å². The summed E-state index contributed by atoms with van der Waals surface area (Å²) in [5.41, 5.74) is 0. The topological polar surface area (TPSA) is 29.0 Å². The van der Waals surface area contributed by atoms with E-state index in [-0.39, 0.29) is 0 Å². The minimum absolute atomic E-state index is 0.646. The second-order valence-corrected chi connectivity index (χ2v) is 2.36. The van der Waals surface area contributed by atoms with Gasteiger partial charge in [-0.2, -0.15) is 9.37 Å². The molecular formula is C8H12FN3. The van der Waals surface area contributed by atoms with Crippen LogP contribution in [-0.4, -0.2) is 23.1 Å². The molecule has 1 aromatic heterocycles. The lowest BCUT2D eigenvalue weighted by molar-refractivity contribution is 0.537. The molecule has 0 amide bonds. The number of halogens is 1. The van der Waals surface area contributed by atoms with Crippen molar-refractivity contribution in [2.24, 2.45) is 0 Å². The van der Waals surface area contributed by atoms with Crippen LogP contribution in [0.3, 0.4) is 0 Å². The summed E-state index contributed by atoms with van der Waals surface area (Å²) in [5, 5.41) is 0. The van der Waals surface area contributed by atoms with E-state index in [1.54, 1.807) is 6.07 Å². The molecule has 0 aliphatic heterocycles. The lowest BCUT2D eigenvalue weighted by atomic mass is 10.4. The summed E-state index contributed by atoms with van der Waals surface area (Å²) in [7, 11) is 0. The van der Waals surface area contributed by atoms with Crippen molar-refractivity contribution in [1.29, 1.82) is 0 Å². The van der Waals surface area contributed by atoms with Crippen molar-refractivity contribution in [1.82, 2.24) is 9.97 Å². The second-order valence-electron chi connectivity index (χ2n) is 2.36. The maximum atomic E-state index is 12.6. The van der Waals surface area contributed by atoms with Crippen LogP contribution in [0.5, 0.6) is 0 Å². The highest BCUT2D eigenvalue weighted by molar-refractivity contribution is 5.35. The van der Waals surface area contributed by atoms with Crippen molar-refractivity contribution in [2.75, 3.05) is 18.0 Å². The number of aromatic nitrogens is 2. The molecule has 0 spiro atoms. The van der Waals surface area contributed by atoms with Gasteiger partial charge >= 0.3 is 6.08 Å². The van der Waals surface area contributed by atoms with Gasteiger partial charge in [0, 0.05) is 19.3 Å². The van der Waals surface area contributed by atoms with Crippen LogP contribution in [0.15, 0.2) is 12.3 Å². The minimum atomic E-state index is -0.667. The Morgan fingerprint density at radius 1 is 1.42 bits per heavy atom. The molecule has 1 heterocycles. The molecule has 0 saturated carbocycles. The van der Waals surface area contributed by atoms with Gasteiger partial charge in [0.25, 0.3) is 0 Å². The van der Waals surface area contributed by atoms with E-state index in [4.69, 9.17) is 0 Å². The van der Waals surface area contributed by atoms with Crippen molar-refractivity contribution in [3.63, 3.8) is 0 Å². The zero-order chi connectivity index (χ0) is 8.97. The molecule has 1 aromatic rings. The highest BCUT2D eigenvalue weighted by atomic mass is 19.1. The molecule has 0 saturated heterocycles. The predicted molar refractivity (Wildman–Crippen MR) is 45.6 cm³/mol. The summed E-state index contributed by atoms with van der Waals surface area (Å²) < 4.78 is 12.6. The summed E-state index contributed by atoms with van der Waals surface area (Å²) in [6.07, 6.45) is 0.759. The molecule has 0 radical (unpaired) electrons. The van der Waals surface area contributed by atoms with Crippen LogP contribution in [0, 0.1) is 6.08 Å². The molecule has 66 valence electrons. The van der Waals surface area contributed by atoms with Gasteiger partial charge in [-0.3, -0.25) is 0 Å². The van der Waals surface area contributed by atoms with Gasteiger partial charge in [0.1, 0.15) is 5.82 Å². The fraction of sp³-hybridized carbons (Fsp3) is 0.500.